The monoisotopic (exact) mass is 417 g/mol. The first-order valence-electron chi connectivity index (χ1n) is 11.7. The molecule has 1 amide bonds. The van der Waals surface area contributed by atoms with Crippen molar-refractivity contribution in [2.75, 3.05) is 13.1 Å². The Bertz CT molecular complexity index is 1050. The number of aromatic nitrogens is 3. The Labute approximate surface area is 183 Å². The van der Waals surface area contributed by atoms with Gasteiger partial charge in [0.25, 0.3) is 5.91 Å². The zero-order valence-corrected chi connectivity index (χ0v) is 18.1. The van der Waals surface area contributed by atoms with Gasteiger partial charge in [-0.05, 0) is 68.1 Å². The van der Waals surface area contributed by atoms with Crippen molar-refractivity contribution in [3.8, 4) is 11.1 Å². The van der Waals surface area contributed by atoms with E-state index in [2.05, 4.69) is 43.6 Å². The third kappa shape index (κ3) is 4.64. The minimum atomic E-state index is -0.0802. The first-order chi connectivity index (χ1) is 15.3. The molecule has 0 spiro atoms. The maximum atomic E-state index is 12.8. The van der Waals surface area contributed by atoms with Gasteiger partial charge in [0.1, 0.15) is 0 Å². The van der Waals surface area contributed by atoms with Gasteiger partial charge in [0.15, 0.2) is 5.69 Å². The van der Waals surface area contributed by atoms with Crippen molar-refractivity contribution in [1.29, 1.82) is 0 Å². The predicted octanol–water partition coefficient (Wildman–Crippen LogP) is 4.67. The van der Waals surface area contributed by atoms with E-state index in [1.807, 2.05) is 18.5 Å². The number of nitrogens with one attached hydrogen (secondary N) is 2. The number of benzene rings is 1. The quantitative estimate of drug-likeness (QED) is 0.632. The second-order valence-electron chi connectivity index (χ2n) is 9.06. The van der Waals surface area contributed by atoms with Crippen LogP contribution >= 0.6 is 0 Å². The van der Waals surface area contributed by atoms with E-state index in [0.717, 1.165) is 41.4 Å². The van der Waals surface area contributed by atoms with Crippen LogP contribution in [0.1, 0.15) is 67.4 Å². The molecule has 6 nitrogen and oxygen atoms in total. The Morgan fingerprint density at radius 1 is 1.00 bits per heavy atom. The maximum Gasteiger partial charge on any atom is 0.272 e. The summed E-state index contributed by atoms with van der Waals surface area (Å²) in [4.78, 5) is 19.9. The minimum absolute atomic E-state index is 0.0802. The van der Waals surface area contributed by atoms with E-state index in [1.54, 1.807) is 0 Å². The summed E-state index contributed by atoms with van der Waals surface area (Å²) in [5, 5.41) is 11.3. The molecule has 0 atom stereocenters. The zero-order chi connectivity index (χ0) is 21.0. The van der Waals surface area contributed by atoms with Gasteiger partial charge in [0.05, 0.1) is 5.52 Å². The summed E-state index contributed by atoms with van der Waals surface area (Å²) >= 11 is 0. The summed E-state index contributed by atoms with van der Waals surface area (Å²) in [6, 6.07) is 8.66. The average Bonchev–Trinajstić information content (AvgIpc) is 3.38. The number of aromatic amines is 1. The molecular weight excluding hydrogens is 386 g/mol. The smallest absolute Gasteiger partial charge is 0.272 e. The number of hydrogen-bond acceptors (Lipinski definition) is 4. The van der Waals surface area contributed by atoms with Crippen molar-refractivity contribution in [1.82, 2.24) is 25.4 Å². The van der Waals surface area contributed by atoms with Gasteiger partial charge in [0, 0.05) is 35.9 Å². The Kier molecular flexibility index (Phi) is 5.98. The largest absolute Gasteiger partial charge is 0.348 e. The molecular formula is C25H31N5O. The van der Waals surface area contributed by atoms with Crippen molar-refractivity contribution >= 4 is 16.8 Å². The summed E-state index contributed by atoms with van der Waals surface area (Å²) in [5.74, 6) is -0.0802. The summed E-state index contributed by atoms with van der Waals surface area (Å²) in [6.45, 7) is 3.29. The summed E-state index contributed by atoms with van der Waals surface area (Å²) < 4.78 is 0. The maximum absolute atomic E-state index is 12.8. The molecule has 2 aliphatic rings. The molecule has 1 saturated carbocycles. The van der Waals surface area contributed by atoms with Crippen molar-refractivity contribution in [3.05, 3.63) is 47.9 Å². The van der Waals surface area contributed by atoms with Gasteiger partial charge in [-0.3, -0.25) is 19.8 Å². The number of likely N-dealkylation sites (tertiary alicyclic amines) is 1. The van der Waals surface area contributed by atoms with Crippen LogP contribution in [0.4, 0.5) is 0 Å². The molecule has 2 aromatic heterocycles. The molecule has 31 heavy (non-hydrogen) atoms. The van der Waals surface area contributed by atoms with Crippen LogP contribution in [-0.4, -0.2) is 45.1 Å². The molecule has 5 rings (SSSR count). The van der Waals surface area contributed by atoms with Crippen molar-refractivity contribution in [2.24, 2.45) is 0 Å². The number of carbonyl (C=O) groups excluding carboxylic acids is 1. The Morgan fingerprint density at radius 2 is 1.81 bits per heavy atom. The van der Waals surface area contributed by atoms with Crippen LogP contribution in [0.15, 0.2) is 36.7 Å². The van der Waals surface area contributed by atoms with Gasteiger partial charge in [-0.2, -0.15) is 5.10 Å². The number of hydrogen-bond donors (Lipinski definition) is 2. The second kappa shape index (κ2) is 9.18. The number of pyridine rings is 1. The molecule has 6 heteroatoms. The predicted molar refractivity (Wildman–Crippen MR) is 123 cm³/mol. The fraction of sp³-hybridized carbons (Fsp3) is 0.480. The van der Waals surface area contributed by atoms with Gasteiger partial charge >= 0.3 is 0 Å². The molecule has 1 aromatic carbocycles. The van der Waals surface area contributed by atoms with Crippen LogP contribution in [0, 0.1) is 0 Å². The average molecular weight is 418 g/mol. The Morgan fingerprint density at radius 3 is 2.61 bits per heavy atom. The lowest BCUT2D eigenvalue weighted by molar-refractivity contribution is 0.0934. The molecule has 1 aliphatic carbocycles. The fourth-order valence-corrected chi connectivity index (χ4v) is 4.97. The lowest BCUT2D eigenvalue weighted by atomic mass is 10.0. The van der Waals surface area contributed by atoms with E-state index in [9.17, 15) is 4.79 Å². The lowest BCUT2D eigenvalue weighted by Crippen LogP contribution is -2.32. The van der Waals surface area contributed by atoms with Crippen LogP contribution in [0.5, 0.6) is 0 Å². The lowest BCUT2D eigenvalue weighted by Gasteiger charge is -2.19. The van der Waals surface area contributed by atoms with Gasteiger partial charge < -0.3 is 5.32 Å². The third-order valence-corrected chi connectivity index (χ3v) is 6.70. The molecule has 0 radical (unpaired) electrons. The molecule has 162 valence electrons. The molecule has 1 aliphatic heterocycles. The molecule has 3 heterocycles. The standard InChI is InChI=1S/C25H31N5O/c31-25(27-21-7-3-4-8-21)24-22-14-19(9-10-23(22)28-29-24)20-13-18(15-26-16-20)17-30-11-5-1-2-6-12-30/h9-10,13-16,21H,1-8,11-12,17H2,(H,27,31)(H,28,29). The van der Waals surface area contributed by atoms with E-state index in [-0.39, 0.29) is 11.9 Å². The normalized spacial score (nSPS) is 18.3. The molecule has 0 bridgehead atoms. The van der Waals surface area contributed by atoms with Gasteiger partial charge in [-0.25, -0.2) is 0 Å². The SMILES string of the molecule is O=C(NC1CCCC1)c1n[nH]c2ccc(-c3cncc(CN4CCCCCC4)c3)cc12. The highest BCUT2D eigenvalue weighted by molar-refractivity contribution is 6.05. The number of rotatable bonds is 5. The molecule has 1 saturated heterocycles. The Balaban J connectivity index is 1.38. The van der Waals surface area contributed by atoms with Gasteiger partial charge in [0.2, 0.25) is 0 Å². The van der Waals surface area contributed by atoms with Crippen LogP contribution in [0.25, 0.3) is 22.0 Å². The third-order valence-electron chi connectivity index (χ3n) is 6.70. The van der Waals surface area contributed by atoms with Crippen LogP contribution in [-0.2, 0) is 6.54 Å². The van der Waals surface area contributed by atoms with Crippen LogP contribution < -0.4 is 5.32 Å². The highest BCUT2D eigenvalue weighted by Crippen LogP contribution is 2.27. The first kappa shape index (κ1) is 20.2. The summed E-state index contributed by atoms with van der Waals surface area (Å²) in [7, 11) is 0. The molecule has 0 unspecified atom stereocenters. The summed E-state index contributed by atoms with van der Waals surface area (Å²) in [5.41, 5.74) is 4.75. The Hall–Kier alpha value is -2.73. The number of carbonyl (C=O) groups is 1. The van der Waals surface area contributed by atoms with Gasteiger partial charge in [-0.1, -0.05) is 31.7 Å². The number of nitrogens with zero attached hydrogens (tertiary/aromatic N) is 3. The first-order valence-corrected chi connectivity index (χ1v) is 11.7. The molecule has 2 fully saturated rings. The van der Waals surface area contributed by atoms with Crippen molar-refractivity contribution in [2.45, 2.75) is 64.0 Å². The van der Waals surface area contributed by atoms with E-state index < -0.39 is 0 Å². The number of fused-ring (bicyclic) bond motifs is 1. The molecule has 3 aromatic rings. The second-order valence-corrected chi connectivity index (χ2v) is 9.06. The van der Waals surface area contributed by atoms with E-state index in [4.69, 9.17) is 0 Å². The summed E-state index contributed by atoms with van der Waals surface area (Å²) in [6.07, 6.45) is 13.7. The van der Waals surface area contributed by atoms with Crippen molar-refractivity contribution < 1.29 is 4.79 Å². The van der Waals surface area contributed by atoms with E-state index in [1.165, 1.54) is 57.2 Å². The fourth-order valence-electron chi connectivity index (χ4n) is 4.97. The van der Waals surface area contributed by atoms with Gasteiger partial charge in [-0.15, -0.1) is 0 Å². The zero-order valence-electron chi connectivity index (χ0n) is 18.1. The van der Waals surface area contributed by atoms with Crippen molar-refractivity contribution in [3.63, 3.8) is 0 Å². The van der Waals surface area contributed by atoms with E-state index in [0.29, 0.717) is 5.69 Å². The highest BCUT2D eigenvalue weighted by Gasteiger charge is 2.21. The molecule has 2 N–H and O–H groups in total. The number of H-pyrrole nitrogens is 1. The van der Waals surface area contributed by atoms with Crippen LogP contribution in [0.2, 0.25) is 0 Å². The van der Waals surface area contributed by atoms with E-state index >= 15 is 0 Å². The topological polar surface area (TPSA) is 73.9 Å². The highest BCUT2D eigenvalue weighted by atomic mass is 16.2. The number of amides is 1. The van der Waals surface area contributed by atoms with Crippen LogP contribution in [0.3, 0.4) is 0 Å². The minimum Gasteiger partial charge on any atom is -0.348 e.